The number of carbonyl (C=O) groups excluding carboxylic acids is 2. The Morgan fingerprint density at radius 2 is 1.15 bits per heavy atom. The number of hydrogen-bond acceptors (Lipinski definition) is 11. The average molecular weight is 803 g/mol. The van der Waals surface area contributed by atoms with E-state index in [-0.39, 0.29) is 25.7 Å². The summed E-state index contributed by atoms with van der Waals surface area (Å²) in [5.41, 5.74) is 0. The van der Waals surface area contributed by atoms with Gasteiger partial charge in [0.05, 0.1) is 32.0 Å². The molecule has 0 bridgehead atoms. The van der Waals surface area contributed by atoms with Crippen LogP contribution in [-0.4, -0.2) is 88.1 Å². The third-order valence-electron chi connectivity index (χ3n) is 8.68. The van der Waals surface area contributed by atoms with Gasteiger partial charge < -0.3 is 34.8 Å². The van der Waals surface area contributed by atoms with Gasteiger partial charge in [0.15, 0.2) is 6.10 Å². The number of hydrogen-bond donors (Lipinski definition) is 5. The van der Waals surface area contributed by atoms with Gasteiger partial charge in [-0.2, -0.15) is 0 Å². The fourth-order valence-electron chi connectivity index (χ4n) is 5.36. The van der Waals surface area contributed by atoms with Crippen LogP contribution >= 0.6 is 7.82 Å². The number of carbonyl (C=O) groups is 2. The van der Waals surface area contributed by atoms with E-state index in [1.165, 1.54) is 70.6 Å². The van der Waals surface area contributed by atoms with Crippen molar-refractivity contribution in [1.82, 2.24) is 0 Å². The number of esters is 2. The molecule has 0 aliphatic heterocycles. The van der Waals surface area contributed by atoms with E-state index in [0.717, 1.165) is 32.1 Å². The summed E-state index contributed by atoms with van der Waals surface area (Å²) in [7, 11) is -4.68. The fraction of sp³-hybridized carbons (Fsp3) is 0.762. The van der Waals surface area contributed by atoms with Gasteiger partial charge in [-0.1, -0.05) is 152 Å². The summed E-state index contributed by atoms with van der Waals surface area (Å²) in [4.78, 5) is 34.9. The Labute approximate surface area is 331 Å². The van der Waals surface area contributed by atoms with Gasteiger partial charge in [0.2, 0.25) is 0 Å². The highest BCUT2D eigenvalue weighted by Gasteiger charge is 2.27. The fourth-order valence-corrected chi connectivity index (χ4v) is 6.15. The van der Waals surface area contributed by atoms with Gasteiger partial charge in [0.1, 0.15) is 12.7 Å². The summed E-state index contributed by atoms with van der Waals surface area (Å²) in [6.45, 7) is 2.02. The monoisotopic (exact) mass is 802 g/mol. The Morgan fingerprint density at radius 3 is 1.75 bits per heavy atom. The molecular weight excluding hydrogens is 727 g/mol. The molecule has 55 heavy (non-hydrogen) atoms. The van der Waals surface area contributed by atoms with Crippen molar-refractivity contribution >= 4 is 19.8 Å². The van der Waals surface area contributed by atoms with Gasteiger partial charge in [-0.05, 0) is 38.5 Å². The zero-order chi connectivity index (χ0) is 40.8. The lowest BCUT2D eigenvalue weighted by Crippen LogP contribution is -2.30. The predicted molar refractivity (Wildman–Crippen MR) is 217 cm³/mol. The third kappa shape index (κ3) is 37.2. The van der Waals surface area contributed by atoms with E-state index in [0.29, 0.717) is 12.8 Å². The maximum atomic E-state index is 12.6. The molecular formula is C42H75O12P. The molecule has 0 heterocycles. The summed E-state index contributed by atoms with van der Waals surface area (Å²) in [5.74, 6) is -1.17. The second-order valence-corrected chi connectivity index (χ2v) is 15.5. The minimum atomic E-state index is -4.68. The second-order valence-electron chi connectivity index (χ2n) is 14.1. The molecule has 320 valence electrons. The Morgan fingerprint density at radius 1 is 0.618 bits per heavy atom. The number of rotatable bonds is 38. The van der Waals surface area contributed by atoms with Crippen LogP contribution in [0.25, 0.3) is 0 Å². The van der Waals surface area contributed by atoms with E-state index in [1.54, 1.807) is 36.5 Å². The van der Waals surface area contributed by atoms with Crippen molar-refractivity contribution < 1.29 is 58.0 Å². The molecule has 0 radical (unpaired) electrons. The average Bonchev–Trinajstić information content (AvgIpc) is 3.16. The molecule has 0 saturated heterocycles. The van der Waals surface area contributed by atoms with Crippen LogP contribution in [0.1, 0.15) is 155 Å². The predicted octanol–water partition coefficient (Wildman–Crippen LogP) is 8.50. The van der Waals surface area contributed by atoms with E-state index in [4.69, 9.17) is 19.1 Å². The quantitative estimate of drug-likeness (QED) is 0.0132. The molecule has 0 spiro atoms. The lowest BCUT2D eigenvalue weighted by molar-refractivity contribution is -0.161. The zero-order valence-corrected chi connectivity index (χ0v) is 34.7. The van der Waals surface area contributed by atoms with Gasteiger partial charge in [-0.25, -0.2) is 4.57 Å². The first-order valence-corrected chi connectivity index (χ1v) is 22.3. The van der Waals surface area contributed by atoms with E-state index >= 15 is 0 Å². The number of phosphoric acid groups is 1. The molecule has 0 aliphatic carbocycles. The Hall–Kier alpha value is -2.15. The molecule has 12 nitrogen and oxygen atoms in total. The standard InChI is InChI=1S/C42H75O12P/c1-3-5-7-9-11-12-13-14-15-16-17-19-25-31-41(47)51-35-40(36-53-55(49,50)52-34-39(46)33-43)54-42(48)32-26-30-38(45)29-24-21-20-23-28-37(44)27-22-18-10-8-6-4-2/h18,20-24,28-29,37-40,43-46H,3-17,19,25-27,30-36H2,1-2H3,(H,49,50)/b21-20+,22-18+,28-23+,29-24+. The Balaban J connectivity index is 4.61. The van der Waals surface area contributed by atoms with E-state index in [1.807, 2.05) is 6.08 Å². The highest BCUT2D eigenvalue weighted by Crippen LogP contribution is 2.43. The number of allylic oxidation sites excluding steroid dienone is 5. The van der Waals surface area contributed by atoms with Crippen LogP contribution in [0.4, 0.5) is 0 Å². The van der Waals surface area contributed by atoms with Crippen molar-refractivity contribution in [3.63, 3.8) is 0 Å². The molecule has 0 aromatic rings. The van der Waals surface area contributed by atoms with Gasteiger partial charge >= 0.3 is 19.8 Å². The SMILES string of the molecule is CCCCC/C=C/CC(O)/C=C/C=C/C=C/C(O)CCCC(=O)OC(COC(=O)CCCCCCCCCCCCCCC)COP(=O)(O)OCC(O)CO. The van der Waals surface area contributed by atoms with Crippen molar-refractivity contribution in [3.8, 4) is 0 Å². The summed E-state index contributed by atoms with van der Waals surface area (Å²) < 4.78 is 32.5. The zero-order valence-electron chi connectivity index (χ0n) is 33.9. The van der Waals surface area contributed by atoms with E-state index < -0.39 is 70.6 Å². The summed E-state index contributed by atoms with van der Waals surface area (Å²) in [6, 6.07) is 0. The number of aliphatic hydroxyl groups excluding tert-OH is 4. The first-order valence-electron chi connectivity index (χ1n) is 20.8. The maximum Gasteiger partial charge on any atom is 0.472 e. The minimum absolute atomic E-state index is 0.0756. The van der Waals surface area contributed by atoms with Crippen LogP contribution < -0.4 is 0 Å². The van der Waals surface area contributed by atoms with Crippen molar-refractivity contribution in [2.75, 3.05) is 26.4 Å². The largest absolute Gasteiger partial charge is 0.472 e. The van der Waals surface area contributed by atoms with Crippen molar-refractivity contribution in [3.05, 3.63) is 48.6 Å². The summed E-state index contributed by atoms with van der Waals surface area (Å²) in [5, 5.41) is 38.6. The summed E-state index contributed by atoms with van der Waals surface area (Å²) >= 11 is 0. The molecule has 0 amide bonds. The Kier molecular flexibility index (Phi) is 36.0. The molecule has 0 rings (SSSR count). The van der Waals surface area contributed by atoms with Gasteiger partial charge in [-0.3, -0.25) is 18.6 Å². The first-order chi connectivity index (χ1) is 26.5. The highest BCUT2D eigenvalue weighted by atomic mass is 31.2. The number of phosphoric ester groups is 1. The minimum Gasteiger partial charge on any atom is -0.462 e. The maximum absolute atomic E-state index is 12.6. The van der Waals surface area contributed by atoms with Gasteiger partial charge in [0, 0.05) is 12.8 Å². The van der Waals surface area contributed by atoms with Crippen LogP contribution in [0.5, 0.6) is 0 Å². The van der Waals surface area contributed by atoms with Crippen LogP contribution in [-0.2, 0) is 32.7 Å². The lowest BCUT2D eigenvalue weighted by Gasteiger charge is -2.20. The molecule has 5 N–H and O–H groups in total. The third-order valence-corrected chi connectivity index (χ3v) is 9.63. The normalized spacial score (nSPS) is 15.5. The molecule has 0 aromatic carbocycles. The topological polar surface area (TPSA) is 189 Å². The molecule has 5 unspecified atom stereocenters. The number of unbranched alkanes of at least 4 members (excludes halogenated alkanes) is 15. The van der Waals surface area contributed by atoms with Crippen molar-refractivity contribution in [2.45, 2.75) is 180 Å². The molecule has 0 aromatic heterocycles. The van der Waals surface area contributed by atoms with Crippen LogP contribution in [0.3, 0.4) is 0 Å². The summed E-state index contributed by atoms with van der Waals surface area (Å²) in [6.07, 6.45) is 31.3. The highest BCUT2D eigenvalue weighted by molar-refractivity contribution is 7.47. The molecule has 5 atom stereocenters. The van der Waals surface area contributed by atoms with Crippen LogP contribution in [0.15, 0.2) is 48.6 Å². The molecule has 13 heteroatoms. The van der Waals surface area contributed by atoms with Crippen LogP contribution in [0, 0.1) is 0 Å². The molecule has 0 fully saturated rings. The van der Waals surface area contributed by atoms with Crippen molar-refractivity contribution in [2.24, 2.45) is 0 Å². The number of aliphatic hydroxyl groups is 4. The van der Waals surface area contributed by atoms with E-state index in [2.05, 4.69) is 24.4 Å². The Bertz CT molecular complexity index is 1090. The molecule has 0 aliphatic rings. The smallest absolute Gasteiger partial charge is 0.462 e. The second kappa shape index (κ2) is 37.4. The van der Waals surface area contributed by atoms with E-state index in [9.17, 15) is 34.4 Å². The first kappa shape index (κ1) is 52.9. The molecule has 0 saturated carbocycles. The van der Waals surface area contributed by atoms with Crippen LogP contribution in [0.2, 0.25) is 0 Å². The lowest BCUT2D eigenvalue weighted by atomic mass is 10.0. The number of ether oxygens (including phenoxy) is 2. The van der Waals surface area contributed by atoms with Gasteiger partial charge in [-0.15, -0.1) is 0 Å². The van der Waals surface area contributed by atoms with Crippen molar-refractivity contribution in [1.29, 1.82) is 0 Å². The van der Waals surface area contributed by atoms with Gasteiger partial charge in [0.25, 0.3) is 0 Å².